The van der Waals surface area contributed by atoms with Gasteiger partial charge >= 0.3 is 0 Å². The molecule has 0 bridgehead atoms. The van der Waals surface area contributed by atoms with Gasteiger partial charge < -0.3 is 14.2 Å². The molecule has 1 heterocycles. The van der Waals surface area contributed by atoms with E-state index in [0.29, 0.717) is 28.8 Å². The Morgan fingerprint density at radius 1 is 1.07 bits per heavy atom. The van der Waals surface area contributed by atoms with Crippen LogP contribution in [-0.4, -0.2) is 42.9 Å². The Bertz CT molecular complexity index is 926. The fourth-order valence-electron chi connectivity index (χ4n) is 2.66. The van der Waals surface area contributed by atoms with E-state index < -0.39 is 0 Å². The molecular formula is C22H21NO5S. The van der Waals surface area contributed by atoms with Crippen LogP contribution in [0.25, 0.3) is 6.08 Å². The smallest absolute Gasteiger partial charge is 0.293 e. The average molecular weight is 411 g/mol. The summed E-state index contributed by atoms with van der Waals surface area (Å²) in [5.41, 5.74) is 0.735. The molecule has 0 spiro atoms. The molecule has 2 amide bonds. The van der Waals surface area contributed by atoms with Crippen LogP contribution in [0.2, 0.25) is 0 Å². The van der Waals surface area contributed by atoms with Gasteiger partial charge in [-0.05, 0) is 47.7 Å². The molecular weight excluding hydrogens is 390 g/mol. The molecule has 0 unspecified atom stereocenters. The maximum Gasteiger partial charge on any atom is 0.293 e. The van der Waals surface area contributed by atoms with Crippen molar-refractivity contribution < 1.29 is 23.8 Å². The van der Waals surface area contributed by atoms with E-state index in [1.54, 1.807) is 37.5 Å². The molecule has 1 saturated heterocycles. The van der Waals surface area contributed by atoms with Crippen LogP contribution in [-0.2, 0) is 4.79 Å². The number of benzene rings is 2. The first-order valence-corrected chi connectivity index (χ1v) is 9.79. The summed E-state index contributed by atoms with van der Waals surface area (Å²) in [6.45, 7) is 4.40. The minimum absolute atomic E-state index is 0.189. The van der Waals surface area contributed by atoms with Crippen LogP contribution in [0.5, 0.6) is 17.2 Å². The summed E-state index contributed by atoms with van der Waals surface area (Å²) >= 11 is 0.912. The molecule has 0 aromatic heterocycles. The Balaban J connectivity index is 1.66. The summed E-state index contributed by atoms with van der Waals surface area (Å²) in [5.74, 6) is 1.48. The van der Waals surface area contributed by atoms with Gasteiger partial charge in [-0.25, -0.2) is 0 Å². The third-order valence-electron chi connectivity index (χ3n) is 4.04. The first kappa shape index (κ1) is 20.5. The van der Waals surface area contributed by atoms with Gasteiger partial charge in [-0.15, -0.1) is 0 Å². The molecule has 150 valence electrons. The largest absolute Gasteiger partial charge is 0.493 e. The first-order valence-electron chi connectivity index (χ1n) is 8.97. The molecule has 0 N–H and O–H groups in total. The predicted molar refractivity (Wildman–Crippen MR) is 113 cm³/mol. The van der Waals surface area contributed by atoms with Crippen LogP contribution in [0, 0.1) is 0 Å². The summed E-state index contributed by atoms with van der Waals surface area (Å²) in [4.78, 5) is 26.4. The van der Waals surface area contributed by atoms with Crippen molar-refractivity contribution in [1.29, 1.82) is 0 Å². The molecule has 0 aliphatic carbocycles. The van der Waals surface area contributed by atoms with Crippen molar-refractivity contribution in [1.82, 2.24) is 4.90 Å². The molecule has 2 aromatic carbocycles. The number of amides is 2. The van der Waals surface area contributed by atoms with Gasteiger partial charge in [0.25, 0.3) is 11.1 Å². The van der Waals surface area contributed by atoms with Crippen molar-refractivity contribution in [2.75, 3.05) is 26.9 Å². The summed E-state index contributed by atoms with van der Waals surface area (Å²) < 4.78 is 16.4. The second kappa shape index (κ2) is 9.84. The summed E-state index contributed by atoms with van der Waals surface area (Å²) in [5, 5.41) is -0.309. The van der Waals surface area contributed by atoms with E-state index in [1.165, 1.54) is 4.90 Å². The quantitative estimate of drug-likeness (QED) is 0.451. The zero-order valence-corrected chi connectivity index (χ0v) is 16.8. The predicted octanol–water partition coefficient (Wildman–Crippen LogP) is 4.38. The van der Waals surface area contributed by atoms with Crippen LogP contribution < -0.4 is 14.2 Å². The van der Waals surface area contributed by atoms with Crippen LogP contribution >= 0.6 is 11.8 Å². The van der Waals surface area contributed by atoms with Crippen molar-refractivity contribution in [3.8, 4) is 17.2 Å². The van der Waals surface area contributed by atoms with E-state index in [4.69, 9.17) is 14.2 Å². The number of hydrogen-bond acceptors (Lipinski definition) is 6. The molecule has 3 rings (SSSR count). The van der Waals surface area contributed by atoms with Crippen LogP contribution in [0.3, 0.4) is 0 Å². The van der Waals surface area contributed by atoms with Crippen LogP contribution in [0.4, 0.5) is 4.79 Å². The number of rotatable bonds is 9. The lowest BCUT2D eigenvalue weighted by Gasteiger charge is -2.13. The number of methoxy groups -OCH3 is 1. The SMILES string of the molecule is C=CCOc1ccc(/C=C2\SC(=O)N(CCOc3ccccc3)C2=O)cc1OC. The number of carbonyl (C=O) groups excluding carboxylic acids is 2. The van der Waals surface area contributed by atoms with Gasteiger partial charge in [0.05, 0.1) is 18.6 Å². The van der Waals surface area contributed by atoms with Gasteiger partial charge in [-0.2, -0.15) is 0 Å². The highest BCUT2D eigenvalue weighted by Crippen LogP contribution is 2.34. The van der Waals surface area contributed by atoms with Gasteiger partial charge in [0, 0.05) is 0 Å². The van der Waals surface area contributed by atoms with E-state index in [1.807, 2.05) is 30.3 Å². The van der Waals surface area contributed by atoms with E-state index in [9.17, 15) is 9.59 Å². The third kappa shape index (κ3) is 5.20. The summed E-state index contributed by atoms with van der Waals surface area (Å²) in [6.07, 6.45) is 3.31. The van der Waals surface area contributed by atoms with Crippen LogP contribution in [0.15, 0.2) is 66.1 Å². The highest BCUT2D eigenvalue weighted by molar-refractivity contribution is 8.18. The van der Waals surface area contributed by atoms with E-state index >= 15 is 0 Å². The maximum atomic E-state index is 12.6. The third-order valence-corrected chi connectivity index (χ3v) is 4.95. The fourth-order valence-corrected chi connectivity index (χ4v) is 3.52. The molecule has 0 atom stereocenters. The fraction of sp³-hybridized carbons (Fsp3) is 0.182. The monoisotopic (exact) mass is 411 g/mol. The molecule has 0 radical (unpaired) electrons. The highest BCUT2D eigenvalue weighted by Gasteiger charge is 2.34. The lowest BCUT2D eigenvalue weighted by molar-refractivity contribution is -0.123. The molecule has 7 heteroatoms. The zero-order valence-electron chi connectivity index (χ0n) is 16.0. The molecule has 1 aliphatic heterocycles. The van der Waals surface area contributed by atoms with Crippen molar-refractivity contribution in [3.05, 3.63) is 71.7 Å². The second-order valence-electron chi connectivity index (χ2n) is 6.00. The number of nitrogens with zero attached hydrogens (tertiary/aromatic N) is 1. The minimum atomic E-state index is -0.331. The molecule has 0 saturated carbocycles. The average Bonchev–Trinajstić information content (AvgIpc) is 3.00. The van der Waals surface area contributed by atoms with Crippen molar-refractivity contribution in [2.24, 2.45) is 0 Å². The van der Waals surface area contributed by atoms with Crippen molar-refractivity contribution >= 4 is 29.0 Å². The second-order valence-corrected chi connectivity index (χ2v) is 7.00. The van der Waals surface area contributed by atoms with Crippen LogP contribution in [0.1, 0.15) is 5.56 Å². The Morgan fingerprint density at radius 3 is 2.59 bits per heavy atom. The molecule has 6 nitrogen and oxygen atoms in total. The minimum Gasteiger partial charge on any atom is -0.493 e. The van der Waals surface area contributed by atoms with Gasteiger partial charge in [0.2, 0.25) is 0 Å². The van der Waals surface area contributed by atoms with Crippen molar-refractivity contribution in [2.45, 2.75) is 0 Å². The number of thioether (sulfide) groups is 1. The normalized spacial score (nSPS) is 14.9. The number of carbonyl (C=O) groups is 2. The molecule has 1 fully saturated rings. The topological polar surface area (TPSA) is 65.1 Å². The Labute approximate surface area is 173 Å². The lowest BCUT2D eigenvalue weighted by atomic mass is 10.2. The Kier molecular flexibility index (Phi) is 6.97. The Hall–Kier alpha value is -3.19. The first-order chi connectivity index (χ1) is 14.1. The number of imide groups is 1. The van der Waals surface area contributed by atoms with Gasteiger partial charge in [0.1, 0.15) is 19.0 Å². The number of para-hydroxylation sites is 1. The van der Waals surface area contributed by atoms with Gasteiger partial charge in [0.15, 0.2) is 11.5 Å². The standard InChI is InChI=1S/C22H21NO5S/c1-3-12-28-18-10-9-16(14-19(18)26-2)15-20-21(24)23(22(25)29-20)11-13-27-17-7-5-4-6-8-17/h3-10,14-15H,1,11-13H2,2H3/b20-15-. The number of hydrogen-bond donors (Lipinski definition) is 0. The zero-order chi connectivity index (χ0) is 20.6. The lowest BCUT2D eigenvalue weighted by Crippen LogP contribution is -2.32. The van der Waals surface area contributed by atoms with Gasteiger partial charge in [-0.1, -0.05) is 36.9 Å². The number of ether oxygens (including phenoxy) is 3. The molecule has 29 heavy (non-hydrogen) atoms. The van der Waals surface area contributed by atoms with E-state index in [0.717, 1.165) is 17.3 Å². The van der Waals surface area contributed by atoms with E-state index in [-0.39, 0.29) is 24.3 Å². The summed E-state index contributed by atoms with van der Waals surface area (Å²) in [7, 11) is 1.54. The van der Waals surface area contributed by atoms with Crippen molar-refractivity contribution in [3.63, 3.8) is 0 Å². The molecule has 1 aliphatic rings. The van der Waals surface area contributed by atoms with E-state index in [2.05, 4.69) is 6.58 Å². The highest BCUT2D eigenvalue weighted by atomic mass is 32.2. The maximum absolute atomic E-state index is 12.6. The summed E-state index contributed by atoms with van der Waals surface area (Å²) in [6, 6.07) is 14.6. The Morgan fingerprint density at radius 2 is 1.86 bits per heavy atom. The molecule has 2 aromatic rings. The van der Waals surface area contributed by atoms with Gasteiger partial charge in [-0.3, -0.25) is 14.5 Å².